The van der Waals surface area contributed by atoms with E-state index in [9.17, 15) is 4.79 Å². The zero-order valence-corrected chi connectivity index (χ0v) is 13.9. The number of carbonyl (C=O) groups excluding carboxylic acids is 1. The third kappa shape index (κ3) is 4.88. The van der Waals surface area contributed by atoms with Crippen molar-refractivity contribution >= 4 is 29.0 Å². The number of hydrogen-bond acceptors (Lipinski definition) is 3. The molecule has 2 aromatic carbocycles. The first-order valence-corrected chi connectivity index (χ1v) is 8.25. The van der Waals surface area contributed by atoms with Crippen LogP contribution in [0.4, 0.5) is 16.2 Å². The van der Waals surface area contributed by atoms with E-state index < -0.39 is 0 Å². The lowest BCUT2D eigenvalue weighted by molar-refractivity contribution is 0.0680. The van der Waals surface area contributed by atoms with Crippen LogP contribution < -0.4 is 15.4 Å². The van der Waals surface area contributed by atoms with Crippen molar-refractivity contribution in [2.24, 2.45) is 0 Å². The molecule has 1 aliphatic heterocycles. The van der Waals surface area contributed by atoms with E-state index in [0.717, 1.165) is 19.4 Å². The third-order valence-corrected chi connectivity index (χ3v) is 3.91. The summed E-state index contributed by atoms with van der Waals surface area (Å²) in [6.07, 6.45) is 2.27. The van der Waals surface area contributed by atoms with Crippen LogP contribution in [0.25, 0.3) is 0 Å². The molecule has 2 amide bonds. The van der Waals surface area contributed by atoms with Gasteiger partial charge in [-0.1, -0.05) is 17.7 Å². The highest BCUT2D eigenvalue weighted by atomic mass is 35.5. The summed E-state index contributed by atoms with van der Waals surface area (Å²) in [4.78, 5) is 12.0. The Bertz CT molecular complexity index is 685. The van der Waals surface area contributed by atoms with Gasteiger partial charge in [0.1, 0.15) is 12.4 Å². The van der Waals surface area contributed by atoms with Gasteiger partial charge in [0.2, 0.25) is 0 Å². The molecule has 1 fully saturated rings. The van der Waals surface area contributed by atoms with E-state index in [0.29, 0.717) is 28.8 Å². The number of benzene rings is 2. The predicted octanol–water partition coefficient (Wildman–Crippen LogP) is 4.54. The molecule has 126 valence electrons. The van der Waals surface area contributed by atoms with Crippen molar-refractivity contribution in [3.8, 4) is 5.75 Å². The Labute approximate surface area is 145 Å². The number of nitrogens with one attached hydrogen (secondary N) is 2. The van der Waals surface area contributed by atoms with Crippen molar-refractivity contribution in [1.29, 1.82) is 0 Å². The van der Waals surface area contributed by atoms with Gasteiger partial charge < -0.3 is 20.1 Å². The lowest BCUT2D eigenvalue weighted by Crippen LogP contribution is -2.19. The SMILES string of the molecule is O=C(Nc1ccc(Cl)cc1)Nc1cccc(OCC2CCCO2)c1. The Morgan fingerprint density at radius 2 is 1.96 bits per heavy atom. The van der Waals surface area contributed by atoms with E-state index in [1.54, 1.807) is 36.4 Å². The maximum absolute atomic E-state index is 12.0. The van der Waals surface area contributed by atoms with Crippen LogP contribution in [-0.2, 0) is 4.74 Å². The van der Waals surface area contributed by atoms with E-state index in [2.05, 4.69) is 10.6 Å². The first-order chi connectivity index (χ1) is 11.7. The molecule has 1 atom stereocenters. The molecule has 6 heteroatoms. The number of carbonyl (C=O) groups is 1. The van der Waals surface area contributed by atoms with Gasteiger partial charge in [0, 0.05) is 29.1 Å². The van der Waals surface area contributed by atoms with Crippen molar-refractivity contribution in [1.82, 2.24) is 0 Å². The smallest absolute Gasteiger partial charge is 0.323 e. The van der Waals surface area contributed by atoms with Gasteiger partial charge in [0.15, 0.2) is 0 Å². The second-order valence-electron chi connectivity index (χ2n) is 5.56. The lowest BCUT2D eigenvalue weighted by Gasteiger charge is -2.13. The summed E-state index contributed by atoms with van der Waals surface area (Å²) in [5.41, 5.74) is 1.33. The summed E-state index contributed by atoms with van der Waals surface area (Å²) >= 11 is 5.82. The molecule has 2 N–H and O–H groups in total. The molecular formula is C18H19ClN2O3. The lowest BCUT2D eigenvalue weighted by atomic mass is 10.2. The van der Waals surface area contributed by atoms with Gasteiger partial charge in [-0.05, 0) is 49.2 Å². The van der Waals surface area contributed by atoms with Crippen LogP contribution >= 0.6 is 11.6 Å². The average Bonchev–Trinajstić information content (AvgIpc) is 3.09. The molecule has 0 radical (unpaired) electrons. The molecular weight excluding hydrogens is 328 g/mol. The van der Waals surface area contributed by atoms with E-state index in [4.69, 9.17) is 21.1 Å². The van der Waals surface area contributed by atoms with Crippen LogP contribution in [0.3, 0.4) is 0 Å². The number of rotatable bonds is 5. The van der Waals surface area contributed by atoms with Crippen LogP contribution in [0.5, 0.6) is 5.75 Å². The number of urea groups is 1. The van der Waals surface area contributed by atoms with Gasteiger partial charge in [-0.25, -0.2) is 4.79 Å². The van der Waals surface area contributed by atoms with Gasteiger partial charge in [-0.15, -0.1) is 0 Å². The summed E-state index contributed by atoms with van der Waals surface area (Å²) in [6.45, 7) is 1.33. The van der Waals surface area contributed by atoms with E-state index in [1.165, 1.54) is 0 Å². The van der Waals surface area contributed by atoms with Crippen molar-refractivity contribution < 1.29 is 14.3 Å². The quantitative estimate of drug-likeness (QED) is 0.835. The number of anilines is 2. The minimum Gasteiger partial charge on any atom is -0.491 e. The molecule has 0 saturated carbocycles. The fourth-order valence-electron chi connectivity index (χ4n) is 2.46. The van der Waals surface area contributed by atoms with Crippen LogP contribution in [0.2, 0.25) is 5.02 Å². The number of amides is 2. The highest BCUT2D eigenvalue weighted by molar-refractivity contribution is 6.30. The molecule has 0 aliphatic carbocycles. The Kier molecular flexibility index (Phi) is 5.56. The number of hydrogen-bond donors (Lipinski definition) is 2. The van der Waals surface area contributed by atoms with Gasteiger partial charge in [0.05, 0.1) is 6.10 Å². The zero-order valence-electron chi connectivity index (χ0n) is 13.1. The molecule has 1 heterocycles. The molecule has 5 nitrogen and oxygen atoms in total. The van der Waals surface area contributed by atoms with Gasteiger partial charge in [-0.2, -0.15) is 0 Å². The summed E-state index contributed by atoms with van der Waals surface area (Å²) in [6, 6.07) is 13.9. The van der Waals surface area contributed by atoms with Crippen molar-refractivity contribution in [2.75, 3.05) is 23.8 Å². The summed E-state index contributed by atoms with van der Waals surface area (Å²) in [5.74, 6) is 0.704. The monoisotopic (exact) mass is 346 g/mol. The van der Waals surface area contributed by atoms with Crippen LogP contribution in [0, 0.1) is 0 Å². The largest absolute Gasteiger partial charge is 0.491 e. The topological polar surface area (TPSA) is 59.6 Å². The van der Waals surface area contributed by atoms with Crippen molar-refractivity contribution in [3.05, 3.63) is 53.6 Å². The fourth-order valence-corrected chi connectivity index (χ4v) is 2.58. The van der Waals surface area contributed by atoms with Gasteiger partial charge >= 0.3 is 6.03 Å². The molecule has 1 aliphatic rings. The van der Waals surface area contributed by atoms with Gasteiger partial charge in [-0.3, -0.25) is 0 Å². The summed E-state index contributed by atoms with van der Waals surface area (Å²) in [7, 11) is 0. The zero-order chi connectivity index (χ0) is 16.8. The molecule has 1 saturated heterocycles. The molecule has 1 unspecified atom stereocenters. The van der Waals surface area contributed by atoms with Crippen LogP contribution in [0.1, 0.15) is 12.8 Å². The second kappa shape index (κ2) is 8.04. The predicted molar refractivity (Wildman–Crippen MR) is 95.0 cm³/mol. The van der Waals surface area contributed by atoms with Gasteiger partial charge in [0.25, 0.3) is 0 Å². The van der Waals surface area contributed by atoms with Crippen molar-refractivity contribution in [2.45, 2.75) is 18.9 Å². The maximum Gasteiger partial charge on any atom is 0.323 e. The molecule has 0 bridgehead atoms. The summed E-state index contributed by atoms with van der Waals surface area (Å²) < 4.78 is 11.3. The number of halogens is 1. The average molecular weight is 347 g/mol. The standard InChI is InChI=1S/C18H19ClN2O3/c19-13-6-8-14(9-7-13)20-18(22)21-15-3-1-4-16(11-15)24-12-17-5-2-10-23-17/h1,3-4,6-9,11,17H,2,5,10,12H2,(H2,20,21,22). The third-order valence-electron chi connectivity index (χ3n) is 3.65. The normalized spacial score (nSPS) is 16.6. The fraction of sp³-hybridized carbons (Fsp3) is 0.278. The Balaban J connectivity index is 1.53. The Morgan fingerprint density at radius 3 is 2.71 bits per heavy atom. The maximum atomic E-state index is 12.0. The number of ether oxygens (including phenoxy) is 2. The molecule has 24 heavy (non-hydrogen) atoms. The highest BCUT2D eigenvalue weighted by Crippen LogP contribution is 2.20. The van der Waals surface area contributed by atoms with E-state index in [-0.39, 0.29) is 12.1 Å². The molecule has 0 spiro atoms. The minimum absolute atomic E-state index is 0.162. The Morgan fingerprint density at radius 1 is 1.17 bits per heavy atom. The first-order valence-electron chi connectivity index (χ1n) is 7.87. The summed E-state index contributed by atoms with van der Waals surface area (Å²) in [5, 5.41) is 6.15. The van der Waals surface area contributed by atoms with E-state index >= 15 is 0 Å². The van der Waals surface area contributed by atoms with Crippen LogP contribution in [-0.4, -0.2) is 25.3 Å². The molecule has 2 aromatic rings. The molecule has 0 aromatic heterocycles. The second-order valence-corrected chi connectivity index (χ2v) is 6.00. The van der Waals surface area contributed by atoms with E-state index in [1.807, 2.05) is 12.1 Å². The van der Waals surface area contributed by atoms with Crippen LogP contribution in [0.15, 0.2) is 48.5 Å². The first kappa shape index (κ1) is 16.6. The molecule has 3 rings (SSSR count). The minimum atomic E-state index is -0.325. The Hall–Kier alpha value is -2.24. The van der Waals surface area contributed by atoms with Crippen molar-refractivity contribution in [3.63, 3.8) is 0 Å². The highest BCUT2D eigenvalue weighted by Gasteiger charge is 2.16.